The van der Waals surface area contributed by atoms with Gasteiger partial charge in [-0.3, -0.25) is 0 Å². The van der Waals surface area contributed by atoms with Crippen LogP contribution in [0.1, 0.15) is 5.82 Å². The van der Waals surface area contributed by atoms with Crippen LogP contribution in [0.3, 0.4) is 0 Å². The predicted molar refractivity (Wildman–Crippen MR) is 66.1 cm³/mol. The maximum Gasteiger partial charge on any atom is 0.148 e. The SMILES string of the molecule is CN(Cc1nccn1C)c1cccc(F)c1N. The van der Waals surface area contributed by atoms with Gasteiger partial charge in [-0.1, -0.05) is 6.07 Å². The second kappa shape index (κ2) is 4.45. The Balaban J connectivity index is 2.23. The minimum Gasteiger partial charge on any atom is -0.395 e. The minimum absolute atomic E-state index is 0.171. The quantitative estimate of drug-likeness (QED) is 0.823. The zero-order valence-corrected chi connectivity index (χ0v) is 9.89. The fourth-order valence-corrected chi connectivity index (χ4v) is 1.70. The van der Waals surface area contributed by atoms with Crippen molar-refractivity contribution in [2.24, 2.45) is 7.05 Å². The van der Waals surface area contributed by atoms with Gasteiger partial charge in [0.05, 0.1) is 17.9 Å². The Labute approximate surface area is 99.5 Å². The van der Waals surface area contributed by atoms with Crippen LogP contribution in [0.4, 0.5) is 15.8 Å². The maximum absolute atomic E-state index is 13.3. The van der Waals surface area contributed by atoms with Gasteiger partial charge < -0.3 is 15.2 Å². The van der Waals surface area contributed by atoms with Gasteiger partial charge in [0.15, 0.2) is 0 Å². The largest absolute Gasteiger partial charge is 0.395 e. The second-order valence-corrected chi connectivity index (χ2v) is 3.98. The number of para-hydroxylation sites is 1. The van der Waals surface area contributed by atoms with Crippen molar-refractivity contribution in [2.75, 3.05) is 17.7 Å². The monoisotopic (exact) mass is 234 g/mol. The van der Waals surface area contributed by atoms with E-state index in [1.807, 2.05) is 29.8 Å². The van der Waals surface area contributed by atoms with Gasteiger partial charge in [-0.15, -0.1) is 0 Å². The number of hydrogen-bond acceptors (Lipinski definition) is 3. The average Bonchev–Trinajstić information content (AvgIpc) is 2.68. The number of anilines is 2. The molecule has 1 heterocycles. The summed E-state index contributed by atoms with van der Waals surface area (Å²) in [4.78, 5) is 6.10. The molecule has 0 bridgehead atoms. The van der Waals surface area contributed by atoms with Gasteiger partial charge in [0.2, 0.25) is 0 Å². The second-order valence-electron chi connectivity index (χ2n) is 3.98. The Morgan fingerprint density at radius 3 is 2.88 bits per heavy atom. The molecular formula is C12H15FN4. The van der Waals surface area contributed by atoms with E-state index >= 15 is 0 Å². The summed E-state index contributed by atoms with van der Waals surface area (Å²) >= 11 is 0. The molecule has 0 fully saturated rings. The van der Waals surface area contributed by atoms with E-state index in [2.05, 4.69) is 4.98 Å². The highest BCUT2D eigenvalue weighted by molar-refractivity contribution is 5.67. The van der Waals surface area contributed by atoms with Gasteiger partial charge in [-0.25, -0.2) is 9.37 Å². The lowest BCUT2D eigenvalue weighted by Crippen LogP contribution is -2.20. The highest BCUT2D eigenvalue weighted by Crippen LogP contribution is 2.25. The molecule has 0 aliphatic carbocycles. The molecule has 90 valence electrons. The fourth-order valence-electron chi connectivity index (χ4n) is 1.70. The van der Waals surface area contributed by atoms with Crippen LogP contribution < -0.4 is 10.6 Å². The highest BCUT2D eigenvalue weighted by atomic mass is 19.1. The van der Waals surface area contributed by atoms with Crippen LogP contribution in [0.25, 0.3) is 0 Å². The summed E-state index contributed by atoms with van der Waals surface area (Å²) in [7, 11) is 3.78. The number of rotatable bonds is 3. The summed E-state index contributed by atoms with van der Waals surface area (Å²) in [6.07, 6.45) is 3.61. The van der Waals surface area contributed by atoms with Crippen molar-refractivity contribution >= 4 is 11.4 Å². The number of imidazole rings is 1. The molecule has 0 spiro atoms. The van der Waals surface area contributed by atoms with Crippen molar-refractivity contribution in [3.05, 3.63) is 42.2 Å². The molecule has 17 heavy (non-hydrogen) atoms. The third kappa shape index (κ3) is 2.22. The lowest BCUT2D eigenvalue weighted by Gasteiger charge is -2.20. The summed E-state index contributed by atoms with van der Waals surface area (Å²) in [5, 5.41) is 0. The maximum atomic E-state index is 13.3. The fraction of sp³-hybridized carbons (Fsp3) is 0.250. The van der Waals surface area contributed by atoms with Crippen LogP contribution in [0.5, 0.6) is 0 Å². The molecule has 0 saturated carbocycles. The Kier molecular flexibility index (Phi) is 2.99. The molecule has 0 aliphatic rings. The first-order valence-corrected chi connectivity index (χ1v) is 5.31. The lowest BCUT2D eigenvalue weighted by atomic mass is 10.2. The first kappa shape index (κ1) is 11.4. The van der Waals surface area contributed by atoms with E-state index < -0.39 is 5.82 Å². The Morgan fingerprint density at radius 2 is 2.24 bits per heavy atom. The Hall–Kier alpha value is -2.04. The van der Waals surface area contributed by atoms with Gasteiger partial charge in [0.25, 0.3) is 0 Å². The van der Waals surface area contributed by atoms with Crippen LogP contribution >= 0.6 is 0 Å². The third-order valence-electron chi connectivity index (χ3n) is 2.74. The molecule has 2 rings (SSSR count). The van der Waals surface area contributed by atoms with Crippen LogP contribution in [0.15, 0.2) is 30.6 Å². The van der Waals surface area contributed by atoms with Gasteiger partial charge >= 0.3 is 0 Å². The molecule has 2 aromatic rings. The number of benzene rings is 1. The first-order valence-electron chi connectivity index (χ1n) is 5.31. The molecule has 0 saturated heterocycles. The van der Waals surface area contributed by atoms with E-state index in [0.29, 0.717) is 12.2 Å². The number of nitrogens with two attached hydrogens (primary N) is 1. The van der Waals surface area contributed by atoms with E-state index in [1.54, 1.807) is 18.3 Å². The molecule has 0 radical (unpaired) electrons. The third-order valence-corrected chi connectivity index (χ3v) is 2.74. The highest BCUT2D eigenvalue weighted by Gasteiger charge is 2.10. The van der Waals surface area contributed by atoms with Crippen molar-refractivity contribution < 1.29 is 4.39 Å². The molecule has 0 aliphatic heterocycles. The van der Waals surface area contributed by atoms with E-state index in [1.165, 1.54) is 6.07 Å². The Bertz CT molecular complexity index is 521. The van der Waals surface area contributed by atoms with Crippen molar-refractivity contribution in [1.82, 2.24) is 9.55 Å². The van der Waals surface area contributed by atoms with E-state index in [9.17, 15) is 4.39 Å². The molecular weight excluding hydrogens is 219 g/mol. The molecule has 0 amide bonds. The van der Waals surface area contributed by atoms with Gasteiger partial charge in [0, 0.05) is 26.5 Å². The van der Waals surface area contributed by atoms with Crippen molar-refractivity contribution in [3.63, 3.8) is 0 Å². The average molecular weight is 234 g/mol. The van der Waals surface area contributed by atoms with Crippen LogP contribution in [0.2, 0.25) is 0 Å². The topological polar surface area (TPSA) is 47.1 Å². The molecule has 0 unspecified atom stereocenters. The van der Waals surface area contributed by atoms with Gasteiger partial charge in [0.1, 0.15) is 11.6 Å². The van der Waals surface area contributed by atoms with Gasteiger partial charge in [-0.05, 0) is 12.1 Å². The zero-order valence-electron chi connectivity index (χ0n) is 9.89. The lowest BCUT2D eigenvalue weighted by molar-refractivity contribution is 0.631. The van der Waals surface area contributed by atoms with Crippen molar-refractivity contribution in [3.8, 4) is 0 Å². The molecule has 4 nitrogen and oxygen atoms in total. The molecule has 1 aromatic carbocycles. The molecule has 1 aromatic heterocycles. The molecule has 5 heteroatoms. The summed E-state index contributed by atoms with van der Waals surface area (Å²) in [6, 6.07) is 4.80. The Morgan fingerprint density at radius 1 is 1.47 bits per heavy atom. The summed E-state index contributed by atoms with van der Waals surface area (Å²) < 4.78 is 15.2. The van der Waals surface area contributed by atoms with Gasteiger partial charge in [-0.2, -0.15) is 0 Å². The zero-order chi connectivity index (χ0) is 12.4. The minimum atomic E-state index is -0.394. The van der Waals surface area contributed by atoms with E-state index in [-0.39, 0.29) is 5.69 Å². The number of nitrogen functional groups attached to an aromatic ring is 1. The van der Waals surface area contributed by atoms with Crippen LogP contribution in [-0.2, 0) is 13.6 Å². The normalized spacial score (nSPS) is 10.5. The van der Waals surface area contributed by atoms with Crippen LogP contribution in [0, 0.1) is 5.82 Å². The number of nitrogens with zero attached hydrogens (tertiary/aromatic N) is 3. The summed E-state index contributed by atoms with van der Waals surface area (Å²) in [5.74, 6) is 0.505. The number of aromatic nitrogens is 2. The van der Waals surface area contributed by atoms with Crippen molar-refractivity contribution in [1.29, 1.82) is 0 Å². The first-order chi connectivity index (χ1) is 8.09. The standard InChI is InChI=1S/C12H15FN4/c1-16-7-6-15-11(16)8-17(2)10-5-3-4-9(13)12(10)14/h3-7H,8,14H2,1-2H3. The smallest absolute Gasteiger partial charge is 0.148 e. The summed E-state index contributed by atoms with van der Waals surface area (Å²) in [5.41, 5.74) is 6.55. The van der Waals surface area contributed by atoms with E-state index in [0.717, 1.165) is 5.82 Å². The number of aryl methyl sites for hydroxylation is 1. The number of hydrogen-bond donors (Lipinski definition) is 1. The van der Waals surface area contributed by atoms with Crippen molar-refractivity contribution in [2.45, 2.75) is 6.54 Å². The number of halogens is 1. The van der Waals surface area contributed by atoms with E-state index in [4.69, 9.17) is 5.73 Å². The van der Waals surface area contributed by atoms with Crippen LogP contribution in [-0.4, -0.2) is 16.6 Å². The summed E-state index contributed by atoms with van der Waals surface area (Å²) in [6.45, 7) is 0.581. The predicted octanol–water partition coefficient (Wildman–Crippen LogP) is 1.78. The molecule has 0 atom stereocenters. The molecule has 2 N–H and O–H groups in total.